The van der Waals surface area contributed by atoms with Crippen molar-refractivity contribution in [3.05, 3.63) is 60.8 Å². The molecule has 0 saturated heterocycles. The van der Waals surface area contributed by atoms with Gasteiger partial charge in [0.15, 0.2) is 0 Å². The van der Waals surface area contributed by atoms with E-state index >= 15 is 0 Å². The Balaban J connectivity index is 3.68. The summed E-state index contributed by atoms with van der Waals surface area (Å²) in [7, 11) is 0. The second-order valence-electron chi connectivity index (χ2n) is 5.96. The lowest BCUT2D eigenvalue weighted by Gasteiger charge is -2.03. The summed E-state index contributed by atoms with van der Waals surface area (Å²) in [5.41, 5.74) is 0. The third-order valence-corrected chi connectivity index (χ3v) is 3.61. The van der Waals surface area contributed by atoms with Crippen LogP contribution in [0.1, 0.15) is 64.7 Å². The number of rotatable bonds is 16. The summed E-state index contributed by atoms with van der Waals surface area (Å²) < 4.78 is 0. The van der Waals surface area contributed by atoms with Crippen LogP contribution in [0.2, 0.25) is 0 Å². The fourth-order valence-electron chi connectivity index (χ4n) is 2.17. The molecule has 26 heavy (non-hydrogen) atoms. The lowest BCUT2D eigenvalue weighted by molar-refractivity contribution is -0.305. The second kappa shape index (κ2) is 19.4. The number of allylic oxidation sites excluding steroid dienone is 8. The van der Waals surface area contributed by atoms with Crippen molar-refractivity contribution in [1.29, 1.82) is 0 Å². The molecule has 4 nitrogen and oxygen atoms in total. The number of carboxylic acid groups (broad SMARTS) is 1. The van der Waals surface area contributed by atoms with Crippen molar-refractivity contribution >= 4 is 5.97 Å². The molecule has 0 fully saturated rings. The summed E-state index contributed by atoms with van der Waals surface area (Å²) in [4.78, 5) is 14.6. The molecule has 0 heterocycles. The van der Waals surface area contributed by atoms with Crippen LogP contribution in [0.15, 0.2) is 60.8 Å². The van der Waals surface area contributed by atoms with Gasteiger partial charge in [-0.15, -0.1) is 0 Å². The maximum Gasteiger partial charge on any atom is 0.115 e. The highest BCUT2D eigenvalue weighted by molar-refractivity contribution is 5.64. The first-order chi connectivity index (χ1) is 12.7. The second-order valence-corrected chi connectivity index (χ2v) is 5.96. The summed E-state index contributed by atoms with van der Waals surface area (Å²) >= 11 is 0. The smallest absolute Gasteiger partial charge is 0.115 e. The van der Waals surface area contributed by atoms with E-state index < -0.39 is 5.97 Å². The summed E-state index contributed by atoms with van der Waals surface area (Å²) in [5.74, 6) is -0.958. The molecule has 1 atom stereocenters. The molecule has 0 aromatic carbocycles. The maximum atomic E-state index is 10.3. The molecular formula is C22H33O4-. The molecule has 0 amide bonds. The molecule has 0 rings (SSSR count). The van der Waals surface area contributed by atoms with Gasteiger partial charge in [-0.05, 0) is 51.4 Å². The standard InChI is InChI=1S/C22H34O4/c1-2-3-15-18-21(26-25)19-16-13-11-9-7-5-4-6-8-10-12-14-17-20-22(23)24/h3,5-8,11,13,15-16,19,21,25H,2,4,9-10,12,14,17-18,20H2,1H3,(H,23,24)/p-1/b7-5-,8-6-,13-11-,15-3-,19-16+. The first-order valence-corrected chi connectivity index (χ1v) is 9.49. The minimum absolute atomic E-state index is 0.165. The van der Waals surface area contributed by atoms with E-state index in [-0.39, 0.29) is 12.5 Å². The van der Waals surface area contributed by atoms with E-state index in [2.05, 4.69) is 36.1 Å². The molecule has 0 aromatic heterocycles. The van der Waals surface area contributed by atoms with E-state index in [9.17, 15) is 9.90 Å². The Morgan fingerprint density at radius 1 is 0.962 bits per heavy atom. The normalized spacial score (nSPS) is 13.9. The monoisotopic (exact) mass is 361 g/mol. The average Bonchev–Trinajstić information content (AvgIpc) is 2.63. The van der Waals surface area contributed by atoms with Crippen molar-refractivity contribution in [2.24, 2.45) is 0 Å². The highest BCUT2D eigenvalue weighted by Crippen LogP contribution is 2.04. The predicted molar refractivity (Wildman–Crippen MR) is 105 cm³/mol. The van der Waals surface area contributed by atoms with Crippen molar-refractivity contribution in [3.8, 4) is 0 Å². The minimum Gasteiger partial charge on any atom is -0.550 e. The Morgan fingerprint density at radius 3 is 2.38 bits per heavy atom. The summed E-state index contributed by atoms with van der Waals surface area (Å²) in [5, 5.41) is 19.0. The number of carbonyl (C=O) groups is 1. The molecule has 0 aliphatic carbocycles. The van der Waals surface area contributed by atoms with Crippen molar-refractivity contribution < 1.29 is 20.0 Å². The van der Waals surface area contributed by atoms with Gasteiger partial charge in [0.05, 0.1) is 0 Å². The van der Waals surface area contributed by atoms with Gasteiger partial charge in [0.25, 0.3) is 0 Å². The molecule has 0 saturated carbocycles. The van der Waals surface area contributed by atoms with Crippen LogP contribution in [0.25, 0.3) is 0 Å². The molecule has 0 radical (unpaired) electrons. The Labute approximate surface area is 158 Å². The average molecular weight is 362 g/mol. The van der Waals surface area contributed by atoms with E-state index in [1.165, 1.54) is 0 Å². The van der Waals surface area contributed by atoms with Gasteiger partial charge >= 0.3 is 0 Å². The zero-order chi connectivity index (χ0) is 19.3. The van der Waals surface area contributed by atoms with E-state index in [1.807, 2.05) is 36.5 Å². The lowest BCUT2D eigenvalue weighted by Crippen LogP contribution is -2.21. The number of hydrogen-bond acceptors (Lipinski definition) is 4. The zero-order valence-electron chi connectivity index (χ0n) is 15.9. The van der Waals surface area contributed by atoms with Crippen LogP contribution in [0.5, 0.6) is 0 Å². The molecule has 4 heteroatoms. The number of carboxylic acids is 1. The van der Waals surface area contributed by atoms with Crippen molar-refractivity contribution in [3.63, 3.8) is 0 Å². The van der Waals surface area contributed by atoms with Gasteiger partial charge in [0, 0.05) is 5.97 Å². The van der Waals surface area contributed by atoms with Crippen LogP contribution in [0.4, 0.5) is 0 Å². The predicted octanol–water partition coefficient (Wildman–Crippen LogP) is 4.91. The fourth-order valence-corrected chi connectivity index (χ4v) is 2.17. The third-order valence-electron chi connectivity index (χ3n) is 3.61. The Kier molecular flexibility index (Phi) is 18.0. The maximum absolute atomic E-state index is 10.3. The van der Waals surface area contributed by atoms with Crippen LogP contribution in [-0.4, -0.2) is 17.3 Å². The molecule has 0 spiro atoms. The number of hydrogen-bond donors (Lipinski definition) is 1. The van der Waals surface area contributed by atoms with E-state index in [4.69, 9.17) is 5.26 Å². The van der Waals surface area contributed by atoms with Gasteiger partial charge in [0.1, 0.15) is 6.10 Å². The van der Waals surface area contributed by atoms with E-state index in [0.29, 0.717) is 12.8 Å². The Morgan fingerprint density at radius 2 is 1.69 bits per heavy atom. The van der Waals surface area contributed by atoms with Gasteiger partial charge < -0.3 is 9.90 Å². The zero-order valence-corrected chi connectivity index (χ0v) is 15.9. The first kappa shape index (κ1) is 24.1. The number of unbranched alkanes of at least 4 members (excludes halogenated alkanes) is 3. The summed E-state index contributed by atoms with van der Waals surface area (Å²) in [6, 6.07) is 0. The van der Waals surface area contributed by atoms with Crippen LogP contribution < -0.4 is 5.11 Å². The molecule has 0 aliphatic rings. The fraction of sp³-hybridized carbons (Fsp3) is 0.500. The highest BCUT2D eigenvalue weighted by atomic mass is 17.1. The molecular weight excluding hydrogens is 328 g/mol. The van der Waals surface area contributed by atoms with Crippen LogP contribution in [0, 0.1) is 0 Å². The van der Waals surface area contributed by atoms with Gasteiger partial charge in [-0.3, -0.25) is 5.26 Å². The minimum atomic E-state index is -0.958. The quantitative estimate of drug-likeness (QED) is 0.139. The van der Waals surface area contributed by atoms with E-state index in [1.54, 1.807) is 0 Å². The van der Waals surface area contributed by atoms with Crippen molar-refractivity contribution in [1.82, 2.24) is 0 Å². The summed E-state index contributed by atoms with van der Waals surface area (Å²) in [6.07, 6.45) is 27.2. The van der Waals surface area contributed by atoms with Crippen LogP contribution in [-0.2, 0) is 9.68 Å². The number of aliphatic carboxylic acids is 1. The lowest BCUT2D eigenvalue weighted by atomic mass is 10.1. The Hall–Kier alpha value is -1.91. The van der Waals surface area contributed by atoms with Gasteiger partial charge in [-0.1, -0.05) is 74.1 Å². The largest absolute Gasteiger partial charge is 0.550 e. The van der Waals surface area contributed by atoms with Crippen molar-refractivity contribution in [2.75, 3.05) is 0 Å². The Bertz CT molecular complexity index is 473. The summed E-state index contributed by atoms with van der Waals surface area (Å²) in [6.45, 7) is 2.07. The van der Waals surface area contributed by atoms with E-state index in [0.717, 1.165) is 38.5 Å². The van der Waals surface area contributed by atoms with Crippen LogP contribution >= 0.6 is 0 Å². The molecule has 0 aromatic rings. The molecule has 146 valence electrons. The van der Waals surface area contributed by atoms with Gasteiger partial charge in [0.2, 0.25) is 0 Å². The van der Waals surface area contributed by atoms with Crippen LogP contribution in [0.3, 0.4) is 0 Å². The van der Waals surface area contributed by atoms with Gasteiger partial charge in [-0.2, -0.15) is 0 Å². The third kappa shape index (κ3) is 18.4. The first-order valence-electron chi connectivity index (χ1n) is 9.49. The van der Waals surface area contributed by atoms with Gasteiger partial charge in [-0.25, -0.2) is 4.89 Å². The highest BCUT2D eigenvalue weighted by Gasteiger charge is 1.99. The molecule has 1 unspecified atom stereocenters. The van der Waals surface area contributed by atoms with Crippen molar-refractivity contribution in [2.45, 2.75) is 70.8 Å². The molecule has 0 aliphatic heterocycles. The molecule has 0 bridgehead atoms. The SMILES string of the molecule is CC/C=C\CC(/C=C/C=C\C/C=C\C/C=C\CCCCCC(=O)[O-])OO. The topological polar surface area (TPSA) is 69.6 Å². The number of carbonyl (C=O) groups excluding carboxylic acids is 1. The molecule has 1 N–H and O–H groups in total.